The molecule has 0 saturated heterocycles. The average Bonchev–Trinajstić information content (AvgIpc) is 2.71. The van der Waals surface area contributed by atoms with Gasteiger partial charge in [-0.2, -0.15) is 0 Å². The number of anilines is 1. The van der Waals surface area contributed by atoms with Crippen molar-refractivity contribution in [2.45, 2.75) is 0 Å². The summed E-state index contributed by atoms with van der Waals surface area (Å²) < 4.78 is 18.9. The minimum absolute atomic E-state index is 0.0104. The second-order valence-corrected chi connectivity index (χ2v) is 5.80. The van der Waals surface area contributed by atoms with E-state index in [0.717, 1.165) is 10.8 Å². The molecule has 0 bridgehead atoms. The van der Waals surface area contributed by atoms with E-state index in [9.17, 15) is 9.18 Å². The van der Waals surface area contributed by atoms with Crippen LogP contribution in [0.2, 0.25) is 0 Å². The molecule has 0 unspecified atom stereocenters. The Morgan fingerprint density at radius 3 is 2.37 bits per heavy atom. The van der Waals surface area contributed by atoms with Crippen LogP contribution < -0.4 is 10.1 Å². The van der Waals surface area contributed by atoms with Crippen molar-refractivity contribution >= 4 is 22.4 Å². The Bertz CT molecular complexity index is 1110. The molecule has 0 atom stereocenters. The quantitative estimate of drug-likeness (QED) is 0.568. The Morgan fingerprint density at radius 2 is 1.59 bits per heavy atom. The number of nitrogens with one attached hydrogen (secondary N) is 1. The summed E-state index contributed by atoms with van der Waals surface area (Å²) in [4.78, 5) is 20.4. The number of rotatable bonds is 4. The summed E-state index contributed by atoms with van der Waals surface area (Å²) >= 11 is 0. The highest BCUT2D eigenvalue weighted by atomic mass is 19.1. The van der Waals surface area contributed by atoms with Gasteiger partial charge in [0.05, 0.1) is 18.1 Å². The molecular formula is C21H14FN3O2. The molecule has 1 amide bonds. The maximum absolute atomic E-state index is 13.6. The smallest absolute Gasteiger partial charge is 0.322 e. The molecule has 1 aromatic heterocycles. The maximum atomic E-state index is 13.6. The lowest BCUT2D eigenvalue weighted by Gasteiger charge is -2.07. The standard InChI is InChI=1S/C21H14FN3O2/c22-18-7-3-4-8-19(18)27-21-23-12-17(13-24-21)25-20(26)16-10-9-14-5-1-2-6-15(14)11-16/h1-13H,(H,25,26). The van der Waals surface area contributed by atoms with Crippen LogP contribution in [0.4, 0.5) is 10.1 Å². The van der Waals surface area contributed by atoms with Gasteiger partial charge in [-0.25, -0.2) is 14.4 Å². The van der Waals surface area contributed by atoms with E-state index >= 15 is 0 Å². The van der Waals surface area contributed by atoms with Crippen LogP contribution in [-0.2, 0) is 0 Å². The Balaban J connectivity index is 1.47. The van der Waals surface area contributed by atoms with Gasteiger partial charge in [-0.05, 0) is 35.0 Å². The molecule has 1 heterocycles. The highest BCUT2D eigenvalue weighted by molar-refractivity contribution is 6.06. The zero-order valence-corrected chi connectivity index (χ0v) is 14.1. The van der Waals surface area contributed by atoms with Gasteiger partial charge < -0.3 is 10.1 Å². The molecule has 27 heavy (non-hydrogen) atoms. The van der Waals surface area contributed by atoms with Crippen LogP contribution in [0.5, 0.6) is 11.8 Å². The van der Waals surface area contributed by atoms with Crippen LogP contribution in [0.15, 0.2) is 79.1 Å². The number of fused-ring (bicyclic) bond motifs is 1. The number of para-hydroxylation sites is 1. The molecular weight excluding hydrogens is 345 g/mol. The monoisotopic (exact) mass is 359 g/mol. The third-order valence-electron chi connectivity index (χ3n) is 3.94. The SMILES string of the molecule is O=C(Nc1cnc(Oc2ccccc2F)nc1)c1ccc2ccccc2c1. The topological polar surface area (TPSA) is 64.1 Å². The van der Waals surface area contributed by atoms with Gasteiger partial charge in [0, 0.05) is 5.56 Å². The molecule has 0 spiro atoms. The van der Waals surface area contributed by atoms with Crippen LogP contribution in [0, 0.1) is 5.82 Å². The van der Waals surface area contributed by atoms with Crippen molar-refractivity contribution in [2.24, 2.45) is 0 Å². The molecule has 0 radical (unpaired) electrons. The number of ether oxygens (including phenoxy) is 1. The Morgan fingerprint density at radius 1 is 0.889 bits per heavy atom. The number of aromatic nitrogens is 2. The van der Waals surface area contributed by atoms with E-state index in [0.29, 0.717) is 11.3 Å². The molecule has 3 aromatic carbocycles. The van der Waals surface area contributed by atoms with Gasteiger partial charge in [0.25, 0.3) is 5.91 Å². The molecule has 5 nitrogen and oxygen atoms in total. The molecule has 0 aliphatic heterocycles. The molecule has 4 rings (SSSR count). The summed E-state index contributed by atoms with van der Waals surface area (Å²) in [7, 11) is 0. The minimum atomic E-state index is -0.505. The second kappa shape index (κ2) is 7.21. The van der Waals surface area contributed by atoms with Gasteiger partial charge in [0.15, 0.2) is 11.6 Å². The van der Waals surface area contributed by atoms with Crippen molar-refractivity contribution in [3.8, 4) is 11.8 Å². The number of carbonyl (C=O) groups is 1. The lowest BCUT2D eigenvalue weighted by molar-refractivity contribution is 0.102. The molecule has 0 aliphatic carbocycles. The van der Waals surface area contributed by atoms with Gasteiger partial charge in [-0.1, -0.05) is 42.5 Å². The van der Waals surface area contributed by atoms with Gasteiger partial charge in [0.1, 0.15) is 0 Å². The van der Waals surface area contributed by atoms with E-state index < -0.39 is 5.82 Å². The highest BCUT2D eigenvalue weighted by Gasteiger charge is 2.09. The van der Waals surface area contributed by atoms with Crippen molar-refractivity contribution in [2.75, 3.05) is 5.32 Å². The number of amides is 1. The van der Waals surface area contributed by atoms with E-state index in [-0.39, 0.29) is 17.7 Å². The first kappa shape index (κ1) is 16.7. The normalized spacial score (nSPS) is 10.6. The third-order valence-corrected chi connectivity index (χ3v) is 3.94. The highest BCUT2D eigenvalue weighted by Crippen LogP contribution is 2.21. The Kier molecular flexibility index (Phi) is 4.45. The van der Waals surface area contributed by atoms with Crippen molar-refractivity contribution in [1.82, 2.24) is 9.97 Å². The fourth-order valence-corrected chi connectivity index (χ4v) is 2.59. The maximum Gasteiger partial charge on any atom is 0.322 e. The zero-order valence-electron chi connectivity index (χ0n) is 14.1. The fourth-order valence-electron chi connectivity index (χ4n) is 2.59. The van der Waals surface area contributed by atoms with Gasteiger partial charge in [-0.3, -0.25) is 4.79 Å². The predicted molar refractivity (Wildman–Crippen MR) is 100 cm³/mol. The molecule has 1 N–H and O–H groups in total. The summed E-state index contributed by atoms with van der Waals surface area (Å²) in [5.74, 6) is -0.743. The summed E-state index contributed by atoms with van der Waals surface area (Å²) in [6.07, 6.45) is 2.81. The van der Waals surface area contributed by atoms with Gasteiger partial charge in [0.2, 0.25) is 0 Å². The first-order valence-electron chi connectivity index (χ1n) is 8.24. The predicted octanol–water partition coefficient (Wildman–Crippen LogP) is 4.81. The zero-order chi connectivity index (χ0) is 18.6. The van der Waals surface area contributed by atoms with Crippen molar-refractivity contribution in [3.05, 3.63) is 90.5 Å². The summed E-state index contributed by atoms with van der Waals surface area (Å²) in [6, 6.07) is 19.2. The van der Waals surface area contributed by atoms with Crippen LogP contribution in [-0.4, -0.2) is 15.9 Å². The number of nitrogens with zero attached hydrogens (tertiary/aromatic N) is 2. The Labute approximate surface area is 154 Å². The van der Waals surface area contributed by atoms with Crippen molar-refractivity contribution < 1.29 is 13.9 Å². The number of hydrogen-bond acceptors (Lipinski definition) is 4. The van der Waals surface area contributed by atoms with E-state index in [2.05, 4.69) is 15.3 Å². The first-order chi connectivity index (χ1) is 13.2. The summed E-state index contributed by atoms with van der Waals surface area (Å²) in [5.41, 5.74) is 0.939. The van der Waals surface area contributed by atoms with E-state index in [4.69, 9.17) is 4.74 Å². The van der Waals surface area contributed by atoms with E-state index in [1.54, 1.807) is 18.2 Å². The Hall–Kier alpha value is -3.80. The first-order valence-corrected chi connectivity index (χ1v) is 8.24. The summed E-state index contributed by atoms with van der Waals surface area (Å²) in [6.45, 7) is 0. The molecule has 132 valence electrons. The van der Waals surface area contributed by atoms with E-state index in [1.807, 2.05) is 36.4 Å². The molecule has 0 aliphatic rings. The second-order valence-electron chi connectivity index (χ2n) is 5.80. The largest absolute Gasteiger partial charge is 0.421 e. The molecule has 6 heteroatoms. The number of hydrogen-bond donors (Lipinski definition) is 1. The lowest BCUT2D eigenvalue weighted by atomic mass is 10.1. The van der Waals surface area contributed by atoms with Crippen LogP contribution >= 0.6 is 0 Å². The van der Waals surface area contributed by atoms with Crippen molar-refractivity contribution in [1.29, 1.82) is 0 Å². The van der Waals surface area contributed by atoms with Gasteiger partial charge in [-0.15, -0.1) is 0 Å². The van der Waals surface area contributed by atoms with Crippen molar-refractivity contribution in [3.63, 3.8) is 0 Å². The van der Waals surface area contributed by atoms with Gasteiger partial charge >= 0.3 is 6.01 Å². The van der Waals surface area contributed by atoms with Crippen LogP contribution in [0.1, 0.15) is 10.4 Å². The lowest BCUT2D eigenvalue weighted by Crippen LogP contribution is -2.12. The van der Waals surface area contributed by atoms with E-state index in [1.165, 1.54) is 24.5 Å². The molecule has 0 fully saturated rings. The molecule has 0 saturated carbocycles. The van der Waals surface area contributed by atoms with Crippen LogP contribution in [0.3, 0.4) is 0 Å². The molecule has 4 aromatic rings. The number of carbonyl (C=O) groups excluding carboxylic acids is 1. The number of benzene rings is 3. The fraction of sp³-hybridized carbons (Fsp3) is 0. The minimum Gasteiger partial charge on any atom is -0.421 e. The number of halogens is 1. The average molecular weight is 359 g/mol. The summed E-state index contributed by atoms with van der Waals surface area (Å²) in [5, 5.41) is 4.78. The third kappa shape index (κ3) is 3.74. The van der Waals surface area contributed by atoms with Crippen LogP contribution in [0.25, 0.3) is 10.8 Å².